The van der Waals surface area contributed by atoms with Crippen molar-refractivity contribution in [1.29, 1.82) is 0 Å². The molecule has 0 radical (unpaired) electrons. The fourth-order valence-corrected chi connectivity index (χ4v) is 7.93. The first-order valence-electron chi connectivity index (χ1n) is 22.5. The number of fused-ring (bicyclic) bond motifs is 8. The van der Waals surface area contributed by atoms with E-state index in [-0.39, 0.29) is 46.7 Å². The molecule has 0 atom stereocenters. The molecule has 10 aromatic carbocycles. The number of hydrogen-bond acceptors (Lipinski definition) is 2. The molecule has 0 aliphatic rings. The summed E-state index contributed by atoms with van der Waals surface area (Å²) in [6.45, 7) is 0. The first kappa shape index (κ1) is 24.8. The zero-order chi connectivity index (χ0) is 44.0. The SMILES string of the molecule is [2H]c1c([2H])c(N(c2ccc(-c3cccc4oc5c6ccccc6ccc5c34)cc2)c2c([2H])c([2H])c(-c3cc4ccccc4c4ccccc34)c([2H])c2[2H])c([2H])c([2H])c1-c1ccccc1. The van der Waals surface area contributed by atoms with Crippen LogP contribution in [0.5, 0.6) is 0 Å². The number of rotatable bonds is 6. The summed E-state index contributed by atoms with van der Waals surface area (Å²) in [5, 5.41) is 7.52. The predicted octanol–water partition coefficient (Wildman–Crippen LogP) is 15.5. The van der Waals surface area contributed by atoms with Crippen molar-refractivity contribution < 1.29 is 15.4 Å². The molecule has 0 aliphatic heterocycles. The van der Waals surface area contributed by atoms with Gasteiger partial charge in [-0.2, -0.15) is 0 Å². The minimum atomic E-state index is -0.400. The molecular weight excluding hydrogens is 679 g/mol. The molecule has 11 rings (SSSR count). The van der Waals surface area contributed by atoms with Gasteiger partial charge in [-0.1, -0.05) is 158 Å². The van der Waals surface area contributed by atoms with Gasteiger partial charge in [0.1, 0.15) is 11.2 Å². The molecule has 0 unspecified atom stereocenters. The van der Waals surface area contributed by atoms with Crippen molar-refractivity contribution in [3.63, 3.8) is 0 Å². The van der Waals surface area contributed by atoms with Crippen LogP contribution in [0.1, 0.15) is 11.0 Å². The first-order valence-corrected chi connectivity index (χ1v) is 18.5. The largest absolute Gasteiger partial charge is 0.455 e. The third kappa shape index (κ3) is 5.34. The summed E-state index contributed by atoms with van der Waals surface area (Å²) in [4.78, 5) is 1.35. The molecule has 0 saturated heterocycles. The molecule has 1 aromatic heterocycles. The minimum Gasteiger partial charge on any atom is -0.455 e. The second-order valence-corrected chi connectivity index (χ2v) is 13.8. The van der Waals surface area contributed by atoms with Crippen LogP contribution in [0.2, 0.25) is 0 Å². The van der Waals surface area contributed by atoms with Crippen LogP contribution < -0.4 is 4.90 Å². The Hall–Kier alpha value is -7.42. The van der Waals surface area contributed by atoms with Gasteiger partial charge >= 0.3 is 0 Å². The molecule has 0 aliphatic carbocycles. The zero-order valence-electron chi connectivity index (χ0n) is 37.9. The molecule has 0 fully saturated rings. The number of benzene rings is 10. The van der Waals surface area contributed by atoms with Crippen LogP contribution in [0.3, 0.4) is 0 Å². The zero-order valence-corrected chi connectivity index (χ0v) is 29.9. The van der Waals surface area contributed by atoms with E-state index >= 15 is 0 Å². The highest BCUT2D eigenvalue weighted by Crippen LogP contribution is 2.42. The normalized spacial score (nSPS) is 13.6. The van der Waals surface area contributed by atoms with E-state index in [9.17, 15) is 11.0 Å². The van der Waals surface area contributed by atoms with Crippen LogP contribution >= 0.6 is 0 Å². The van der Waals surface area contributed by atoms with Gasteiger partial charge in [0.15, 0.2) is 0 Å². The van der Waals surface area contributed by atoms with Crippen molar-refractivity contribution in [2.75, 3.05) is 4.90 Å². The summed E-state index contributed by atoms with van der Waals surface area (Å²) in [5.74, 6) is 0. The maximum atomic E-state index is 9.67. The fourth-order valence-electron chi connectivity index (χ4n) is 7.93. The molecule has 0 bridgehead atoms. The van der Waals surface area contributed by atoms with Crippen molar-refractivity contribution in [3.05, 3.63) is 212 Å². The highest BCUT2D eigenvalue weighted by atomic mass is 16.3. The standard InChI is InChI=1S/C54H35NO/c1-2-11-36(12-3-1)37-21-28-42(29-22-37)55(44-32-25-40(26-33-44)51-35-41-14-5-6-15-45(41)48-17-8-9-18-49(48)51)43-30-23-39(24-31-43)46-19-10-20-52-53(46)50-34-27-38-13-4-7-16-47(38)54(50)56-52/h1-35H/i21D,22D,25D,26D,28D,29D,32D,33D. The van der Waals surface area contributed by atoms with Crippen molar-refractivity contribution >= 4 is 71.3 Å². The van der Waals surface area contributed by atoms with Crippen molar-refractivity contribution in [2.45, 2.75) is 0 Å². The van der Waals surface area contributed by atoms with Crippen LogP contribution in [0.15, 0.2) is 217 Å². The van der Waals surface area contributed by atoms with E-state index in [0.29, 0.717) is 16.8 Å². The topological polar surface area (TPSA) is 16.4 Å². The molecule has 0 amide bonds. The molecule has 262 valence electrons. The summed E-state index contributed by atoms with van der Waals surface area (Å²) < 4.78 is 82.4. The third-order valence-electron chi connectivity index (χ3n) is 10.6. The summed E-state index contributed by atoms with van der Waals surface area (Å²) in [6, 6.07) is 48.8. The van der Waals surface area contributed by atoms with E-state index in [4.69, 9.17) is 4.42 Å². The summed E-state index contributed by atoms with van der Waals surface area (Å²) in [7, 11) is 0. The number of nitrogens with zero attached hydrogens (tertiary/aromatic N) is 1. The summed E-state index contributed by atoms with van der Waals surface area (Å²) in [5.41, 5.74) is 4.40. The Balaban J connectivity index is 1.14. The molecule has 0 N–H and O–H groups in total. The predicted molar refractivity (Wildman–Crippen MR) is 237 cm³/mol. The number of anilines is 3. The van der Waals surface area contributed by atoms with Crippen LogP contribution in [-0.2, 0) is 0 Å². The lowest BCUT2D eigenvalue weighted by atomic mass is 9.93. The van der Waals surface area contributed by atoms with Gasteiger partial charge in [-0.05, 0) is 115 Å². The van der Waals surface area contributed by atoms with Gasteiger partial charge in [0, 0.05) is 33.2 Å². The highest BCUT2D eigenvalue weighted by Gasteiger charge is 2.18. The lowest BCUT2D eigenvalue weighted by molar-refractivity contribution is 0.673. The van der Waals surface area contributed by atoms with Gasteiger partial charge in [-0.25, -0.2) is 0 Å². The summed E-state index contributed by atoms with van der Waals surface area (Å²) >= 11 is 0. The lowest BCUT2D eigenvalue weighted by Gasteiger charge is -2.26. The van der Waals surface area contributed by atoms with Crippen molar-refractivity contribution in [3.8, 4) is 33.4 Å². The van der Waals surface area contributed by atoms with Crippen LogP contribution in [-0.4, -0.2) is 0 Å². The van der Waals surface area contributed by atoms with E-state index in [1.165, 1.54) is 4.90 Å². The first-order chi connectivity index (χ1) is 31.1. The molecule has 0 saturated carbocycles. The Bertz CT molecular complexity index is 3660. The van der Waals surface area contributed by atoms with Crippen LogP contribution in [0.4, 0.5) is 17.1 Å². The van der Waals surface area contributed by atoms with Crippen LogP contribution in [0, 0.1) is 0 Å². The van der Waals surface area contributed by atoms with E-state index < -0.39 is 24.2 Å². The number of hydrogen-bond donors (Lipinski definition) is 0. The van der Waals surface area contributed by atoms with Gasteiger partial charge in [-0.15, -0.1) is 0 Å². The summed E-state index contributed by atoms with van der Waals surface area (Å²) in [6.07, 6.45) is 0. The van der Waals surface area contributed by atoms with Gasteiger partial charge in [0.25, 0.3) is 0 Å². The molecule has 2 nitrogen and oxygen atoms in total. The number of furan rings is 1. The second-order valence-electron chi connectivity index (χ2n) is 13.8. The molecular formula is C54H35NO. The molecule has 11 aromatic rings. The monoisotopic (exact) mass is 721 g/mol. The van der Waals surface area contributed by atoms with Gasteiger partial charge in [0.2, 0.25) is 0 Å². The van der Waals surface area contributed by atoms with E-state index in [1.54, 1.807) is 36.4 Å². The fraction of sp³-hybridized carbons (Fsp3) is 0. The Labute approximate surface area is 336 Å². The molecule has 2 heteroatoms. The minimum absolute atomic E-state index is 0.112. The van der Waals surface area contributed by atoms with Crippen molar-refractivity contribution in [1.82, 2.24) is 0 Å². The van der Waals surface area contributed by atoms with Gasteiger partial charge < -0.3 is 9.32 Å². The molecule has 56 heavy (non-hydrogen) atoms. The Morgan fingerprint density at radius 2 is 0.982 bits per heavy atom. The smallest absolute Gasteiger partial charge is 0.143 e. The van der Waals surface area contributed by atoms with Gasteiger partial charge in [-0.3, -0.25) is 0 Å². The van der Waals surface area contributed by atoms with E-state index in [0.717, 1.165) is 65.4 Å². The van der Waals surface area contributed by atoms with Gasteiger partial charge in [0.05, 0.1) is 11.0 Å². The second kappa shape index (κ2) is 13.2. The Morgan fingerprint density at radius 1 is 0.357 bits per heavy atom. The van der Waals surface area contributed by atoms with Crippen molar-refractivity contribution in [2.24, 2.45) is 0 Å². The average Bonchev–Trinajstić information content (AvgIpc) is 3.73. The molecule has 0 spiro atoms. The molecule has 1 heterocycles. The van der Waals surface area contributed by atoms with E-state index in [1.807, 2.05) is 109 Å². The Kier molecular flexibility index (Phi) is 5.83. The van der Waals surface area contributed by atoms with E-state index in [2.05, 4.69) is 18.2 Å². The maximum Gasteiger partial charge on any atom is 0.143 e. The average molecular weight is 722 g/mol. The maximum absolute atomic E-state index is 9.67. The Morgan fingerprint density at radius 3 is 1.73 bits per heavy atom. The lowest BCUT2D eigenvalue weighted by Crippen LogP contribution is -2.09. The van der Waals surface area contributed by atoms with Crippen LogP contribution in [0.25, 0.3) is 87.6 Å². The highest BCUT2D eigenvalue weighted by molar-refractivity contribution is 6.19. The quantitative estimate of drug-likeness (QED) is 0.159. The third-order valence-corrected chi connectivity index (χ3v) is 10.6.